The van der Waals surface area contributed by atoms with Crippen molar-refractivity contribution in [3.63, 3.8) is 0 Å². The third kappa shape index (κ3) is 2.69. The molecule has 0 radical (unpaired) electrons. The number of rotatable bonds is 4. The molecular weight excluding hydrogens is 256 g/mol. The molecule has 20 heavy (non-hydrogen) atoms. The monoisotopic (exact) mass is 270 g/mol. The molecule has 2 aromatic rings. The van der Waals surface area contributed by atoms with E-state index < -0.39 is 11.9 Å². The Hall–Kier alpha value is -2.62. The smallest absolute Gasteiger partial charge is 0.338 e. The number of ether oxygens (including phenoxy) is 1. The first-order valence-corrected chi connectivity index (χ1v) is 6.24. The summed E-state index contributed by atoms with van der Waals surface area (Å²) in [6.07, 6.45) is 0. The molecule has 0 aromatic heterocycles. The van der Waals surface area contributed by atoms with E-state index in [9.17, 15) is 14.7 Å². The maximum Gasteiger partial charge on any atom is 0.338 e. The van der Waals surface area contributed by atoms with E-state index in [0.29, 0.717) is 16.7 Å². The lowest BCUT2D eigenvalue weighted by atomic mass is 9.95. The highest BCUT2D eigenvalue weighted by Crippen LogP contribution is 2.27. The van der Waals surface area contributed by atoms with Crippen molar-refractivity contribution >= 4 is 11.9 Å². The summed E-state index contributed by atoms with van der Waals surface area (Å²) in [6.45, 7) is 2.00. The number of carbonyl (C=O) groups is 2. The molecule has 0 bridgehead atoms. The molecule has 0 aliphatic rings. The summed E-state index contributed by atoms with van der Waals surface area (Å²) in [4.78, 5) is 23.2. The summed E-state index contributed by atoms with van der Waals surface area (Å²) in [5.41, 5.74) is 1.58. The van der Waals surface area contributed by atoms with E-state index in [-0.39, 0.29) is 12.2 Å². The van der Waals surface area contributed by atoms with Crippen LogP contribution in [-0.4, -0.2) is 23.7 Å². The van der Waals surface area contributed by atoms with Crippen LogP contribution < -0.4 is 0 Å². The highest BCUT2D eigenvalue weighted by atomic mass is 16.5. The zero-order valence-corrected chi connectivity index (χ0v) is 11.0. The van der Waals surface area contributed by atoms with E-state index in [0.717, 1.165) is 0 Å². The molecule has 0 amide bonds. The fourth-order valence-corrected chi connectivity index (χ4v) is 2.01. The lowest BCUT2D eigenvalue weighted by Gasteiger charge is -2.11. The molecule has 0 aliphatic heterocycles. The Morgan fingerprint density at radius 2 is 1.45 bits per heavy atom. The Balaban J connectivity index is 2.59. The first-order valence-electron chi connectivity index (χ1n) is 6.24. The number of benzene rings is 2. The van der Waals surface area contributed by atoms with Gasteiger partial charge in [-0.15, -0.1) is 0 Å². The summed E-state index contributed by atoms with van der Waals surface area (Å²) in [5, 5.41) is 9.24. The van der Waals surface area contributed by atoms with Gasteiger partial charge in [0.15, 0.2) is 0 Å². The predicted molar refractivity (Wildman–Crippen MR) is 74.8 cm³/mol. The number of aromatic carboxylic acids is 1. The average molecular weight is 270 g/mol. The van der Waals surface area contributed by atoms with Crippen LogP contribution in [0.25, 0.3) is 11.1 Å². The lowest BCUT2D eigenvalue weighted by Crippen LogP contribution is -2.08. The quantitative estimate of drug-likeness (QED) is 0.866. The van der Waals surface area contributed by atoms with Gasteiger partial charge in [0.25, 0.3) is 0 Å². The number of hydrogen-bond donors (Lipinski definition) is 1. The van der Waals surface area contributed by atoms with Crippen molar-refractivity contribution in [1.82, 2.24) is 0 Å². The number of carboxylic acids is 1. The maximum absolute atomic E-state index is 12.0. The standard InChI is InChI=1S/C16H14O4/c1-2-20-16(19)14-10-6-4-8-12(14)11-7-3-5-9-13(11)15(17)18/h3-10H,2H2,1H3,(H,17,18). The first kappa shape index (κ1) is 13.8. The van der Waals surface area contributed by atoms with Crippen molar-refractivity contribution in [3.8, 4) is 11.1 Å². The van der Waals surface area contributed by atoms with E-state index >= 15 is 0 Å². The summed E-state index contributed by atoms with van der Waals surface area (Å²) < 4.78 is 5.00. The number of hydrogen-bond acceptors (Lipinski definition) is 3. The van der Waals surface area contributed by atoms with Crippen LogP contribution in [0, 0.1) is 0 Å². The fraction of sp³-hybridized carbons (Fsp3) is 0.125. The van der Waals surface area contributed by atoms with Gasteiger partial charge in [-0.3, -0.25) is 0 Å². The van der Waals surface area contributed by atoms with Crippen LogP contribution in [0.2, 0.25) is 0 Å². The predicted octanol–water partition coefficient (Wildman–Crippen LogP) is 3.23. The van der Waals surface area contributed by atoms with Crippen molar-refractivity contribution < 1.29 is 19.4 Å². The van der Waals surface area contributed by atoms with Crippen molar-refractivity contribution in [3.05, 3.63) is 59.7 Å². The van der Waals surface area contributed by atoms with E-state index in [1.165, 1.54) is 6.07 Å². The van der Waals surface area contributed by atoms with Gasteiger partial charge in [-0.05, 0) is 30.2 Å². The van der Waals surface area contributed by atoms with E-state index in [2.05, 4.69) is 0 Å². The Morgan fingerprint density at radius 3 is 2.00 bits per heavy atom. The van der Waals surface area contributed by atoms with Gasteiger partial charge in [-0.2, -0.15) is 0 Å². The largest absolute Gasteiger partial charge is 0.478 e. The zero-order chi connectivity index (χ0) is 14.5. The third-order valence-corrected chi connectivity index (χ3v) is 2.87. The van der Waals surface area contributed by atoms with Crippen LogP contribution in [0.1, 0.15) is 27.6 Å². The summed E-state index contributed by atoms with van der Waals surface area (Å²) in [6, 6.07) is 13.4. The van der Waals surface area contributed by atoms with Crippen molar-refractivity contribution in [2.45, 2.75) is 6.92 Å². The Bertz CT molecular complexity index is 646. The van der Waals surface area contributed by atoms with E-state index in [4.69, 9.17) is 4.74 Å². The van der Waals surface area contributed by atoms with Gasteiger partial charge in [0, 0.05) is 0 Å². The van der Waals surface area contributed by atoms with Crippen LogP contribution in [0.3, 0.4) is 0 Å². The number of carboxylic acid groups (broad SMARTS) is 1. The highest BCUT2D eigenvalue weighted by Gasteiger charge is 2.17. The minimum atomic E-state index is -1.03. The molecule has 4 heteroatoms. The second kappa shape index (κ2) is 6.02. The number of carbonyl (C=O) groups excluding carboxylic acids is 1. The molecule has 0 heterocycles. The Morgan fingerprint density at radius 1 is 0.950 bits per heavy atom. The molecule has 0 saturated heterocycles. The van der Waals surface area contributed by atoms with Gasteiger partial charge >= 0.3 is 11.9 Å². The average Bonchev–Trinajstić information content (AvgIpc) is 2.47. The molecule has 2 rings (SSSR count). The van der Waals surface area contributed by atoms with Crippen LogP contribution in [-0.2, 0) is 4.74 Å². The Kier molecular flexibility index (Phi) is 4.15. The van der Waals surface area contributed by atoms with Crippen molar-refractivity contribution in [1.29, 1.82) is 0 Å². The van der Waals surface area contributed by atoms with Crippen LogP contribution in [0.15, 0.2) is 48.5 Å². The van der Waals surface area contributed by atoms with Crippen LogP contribution in [0.4, 0.5) is 0 Å². The van der Waals surface area contributed by atoms with Gasteiger partial charge in [-0.25, -0.2) is 9.59 Å². The molecule has 1 N–H and O–H groups in total. The molecule has 0 saturated carbocycles. The topological polar surface area (TPSA) is 63.6 Å². The van der Waals surface area contributed by atoms with Crippen LogP contribution in [0.5, 0.6) is 0 Å². The minimum absolute atomic E-state index is 0.157. The SMILES string of the molecule is CCOC(=O)c1ccccc1-c1ccccc1C(=O)O. The Labute approximate surface area is 116 Å². The molecule has 0 unspecified atom stereocenters. The van der Waals surface area contributed by atoms with Gasteiger partial charge in [0.1, 0.15) is 0 Å². The van der Waals surface area contributed by atoms with Gasteiger partial charge in [-0.1, -0.05) is 36.4 Å². The highest BCUT2D eigenvalue weighted by molar-refractivity contribution is 6.02. The zero-order valence-electron chi connectivity index (χ0n) is 11.0. The maximum atomic E-state index is 12.0. The molecule has 4 nitrogen and oxygen atoms in total. The first-order chi connectivity index (χ1) is 9.65. The van der Waals surface area contributed by atoms with Gasteiger partial charge in [0.2, 0.25) is 0 Å². The van der Waals surface area contributed by atoms with Crippen molar-refractivity contribution in [2.24, 2.45) is 0 Å². The molecule has 0 aliphatic carbocycles. The van der Waals surface area contributed by atoms with E-state index in [1.807, 2.05) is 0 Å². The van der Waals surface area contributed by atoms with E-state index in [1.54, 1.807) is 49.4 Å². The molecule has 0 atom stereocenters. The lowest BCUT2D eigenvalue weighted by molar-refractivity contribution is 0.0526. The number of esters is 1. The molecule has 0 spiro atoms. The third-order valence-electron chi connectivity index (χ3n) is 2.87. The molecule has 102 valence electrons. The second-order valence-electron chi connectivity index (χ2n) is 4.12. The minimum Gasteiger partial charge on any atom is -0.478 e. The molecular formula is C16H14O4. The summed E-state index contributed by atoms with van der Waals surface area (Å²) in [5.74, 6) is -1.48. The van der Waals surface area contributed by atoms with Gasteiger partial charge < -0.3 is 9.84 Å². The molecule has 0 fully saturated rings. The van der Waals surface area contributed by atoms with Crippen LogP contribution >= 0.6 is 0 Å². The summed E-state index contributed by atoms with van der Waals surface area (Å²) >= 11 is 0. The fourth-order valence-electron chi connectivity index (χ4n) is 2.01. The normalized spacial score (nSPS) is 10.1. The molecule has 2 aromatic carbocycles. The second-order valence-corrected chi connectivity index (χ2v) is 4.12. The van der Waals surface area contributed by atoms with Gasteiger partial charge in [0.05, 0.1) is 17.7 Å². The van der Waals surface area contributed by atoms with Crippen molar-refractivity contribution in [2.75, 3.05) is 6.61 Å². The summed E-state index contributed by atoms with van der Waals surface area (Å²) in [7, 11) is 0.